The highest BCUT2D eigenvalue weighted by Crippen LogP contribution is 2.48. The summed E-state index contributed by atoms with van der Waals surface area (Å²) < 4.78 is 33.0. The van der Waals surface area contributed by atoms with Crippen molar-refractivity contribution >= 4 is 17.4 Å². The van der Waals surface area contributed by atoms with Crippen molar-refractivity contribution in [3.8, 4) is 28.7 Å². The van der Waals surface area contributed by atoms with Gasteiger partial charge in [-0.25, -0.2) is 0 Å². The molecule has 1 amide bonds. The Labute approximate surface area is 207 Å². The number of rotatable bonds is 7. The first-order valence-corrected chi connectivity index (χ1v) is 11.6. The molecular weight excluding hydrogens is 470 g/mol. The Balaban J connectivity index is 1.66. The lowest BCUT2D eigenvalue weighted by molar-refractivity contribution is -0.140. The van der Waals surface area contributed by atoms with Gasteiger partial charge in [-0.15, -0.1) is 0 Å². The Morgan fingerprint density at radius 1 is 1.03 bits per heavy atom. The van der Waals surface area contributed by atoms with Crippen molar-refractivity contribution in [2.75, 3.05) is 41.3 Å². The highest BCUT2D eigenvalue weighted by atomic mass is 16.7. The summed E-state index contributed by atoms with van der Waals surface area (Å²) in [7, 11) is 4.47. The maximum Gasteiger partial charge on any atom is 0.295 e. The summed E-state index contributed by atoms with van der Waals surface area (Å²) in [6, 6.07) is 7.26. The van der Waals surface area contributed by atoms with Crippen molar-refractivity contribution in [3.05, 3.63) is 47.0 Å². The number of benzene rings is 2. The van der Waals surface area contributed by atoms with Crippen molar-refractivity contribution in [2.45, 2.75) is 25.0 Å². The van der Waals surface area contributed by atoms with Crippen LogP contribution in [0.25, 0.3) is 5.76 Å². The molecule has 2 fully saturated rings. The third-order valence-corrected chi connectivity index (χ3v) is 6.62. The van der Waals surface area contributed by atoms with Gasteiger partial charge in [0.1, 0.15) is 5.76 Å². The number of hydrogen-bond acceptors (Lipinski definition) is 9. The van der Waals surface area contributed by atoms with Crippen LogP contribution in [0.15, 0.2) is 35.9 Å². The summed E-state index contributed by atoms with van der Waals surface area (Å²) in [4.78, 5) is 28.1. The first kappa shape index (κ1) is 23.8. The van der Waals surface area contributed by atoms with Crippen LogP contribution in [0.5, 0.6) is 28.7 Å². The molecular formula is C26H27NO9. The number of likely N-dealkylation sites (tertiary alicyclic amines) is 1. The fourth-order valence-electron chi connectivity index (χ4n) is 4.87. The average molecular weight is 498 g/mol. The van der Waals surface area contributed by atoms with Gasteiger partial charge in [-0.3, -0.25) is 9.59 Å². The highest BCUT2D eigenvalue weighted by molar-refractivity contribution is 6.46. The van der Waals surface area contributed by atoms with E-state index < -0.39 is 17.7 Å². The molecule has 3 aliphatic rings. The Hall–Kier alpha value is -3.92. The Bertz CT molecular complexity index is 1230. The van der Waals surface area contributed by atoms with E-state index in [-0.39, 0.29) is 30.8 Å². The van der Waals surface area contributed by atoms with Crippen LogP contribution in [-0.4, -0.2) is 69.1 Å². The summed E-state index contributed by atoms with van der Waals surface area (Å²) >= 11 is 0. The van der Waals surface area contributed by atoms with Gasteiger partial charge in [0.2, 0.25) is 12.5 Å². The number of ether oxygens (including phenoxy) is 6. The van der Waals surface area contributed by atoms with E-state index in [1.165, 1.54) is 26.2 Å². The molecule has 0 unspecified atom stereocenters. The second-order valence-corrected chi connectivity index (χ2v) is 8.61. The molecule has 2 atom stereocenters. The maximum absolute atomic E-state index is 13.4. The van der Waals surface area contributed by atoms with Gasteiger partial charge in [-0.2, -0.15) is 0 Å². The molecule has 190 valence electrons. The number of ketones is 1. The number of aliphatic hydroxyl groups is 1. The molecule has 2 saturated heterocycles. The van der Waals surface area contributed by atoms with Crippen LogP contribution < -0.4 is 23.7 Å². The second kappa shape index (κ2) is 9.62. The van der Waals surface area contributed by atoms with Crippen LogP contribution in [0, 0.1) is 0 Å². The fourth-order valence-corrected chi connectivity index (χ4v) is 4.87. The largest absolute Gasteiger partial charge is 0.507 e. The number of fused-ring (bicyclic) bond motifs is 1. The molecule has 0 aromatic heterocycles. The zero-order valence-electron chi connectivity index (χ0n) is 20.2. The topological polar surface area (TPSA) is 113 Å². The monoisotopic (exact) mass is 497 g/mol. The summed E-state index contributed by atoms with van der Waals surface area (Å²) in [5.41, 5.74) is 0.793. The van der Waals surface area contributed by atoms with Gasteiger partial charge in [-0.05, 0) is 48.7 Å². The molecule has 0 bridgehead atoms. The van der Waals surface area contributed by atoms with Crippen LogP contribution >= 0.6 is 0 Å². The van der Waals surface area contributed by atoms with Gasteiger partial charge in [0.25, 0.3) is 11.7 Å². The van der Waals surface area contributed by atoms with E-state index in [1.807, 2.05) is 0 Å². The molecule has 1 N–H and O–H groups in total. The van der Waals surface area contributed by atoms with Crippen LogP contribution in [0.4, 0.5) is 0 Å². The maximum atomic E-state index is 13.4. The molecule has 36 heavy (non-hydrogen) atoms. The highest BCUT2D eigenvalue weighted by Gasteiger charge is 2.47. The van der Waals surface area contributed by atoms with Gasteiger partial charge < -0.3 is 38.4 Å². The molecule has 10 heteroatoms. The summed E-state index contributed by atoms with van der Waals surface area (Å²) in [6.07, 6.45) is 1.45. The number of nitrogens with zero attached hydrogens (tertiary/aromatic N) is 1. The van der Waals surface area contributed by atoms with E-state index in [0.717, 1.165) is 12.8 Å². The number of carbonyl (C=O) groups is 2. The standard InChI is InChI=1S/C26H27NO9/c1-31-17-7-6-14(9-18(17)32-2)23(28)21-22(15-10-19(33-3)25-20(11-15)35-13-36-25)27(26(30)24(21)29)12-16-5-4-8-34-16/h6-7,9-11,16,22,28H,4-5,8,12-13H2,1-3H3/t16-,22+/m0/s1. The molecule has 10 nitrogen and oxygen atoms in total. The van der Waals surface area contributed by atoms with Crippen molar-refractivity contribution in [1.82, 2.24) is 4.90 Å². The van der Waals surface area contributed by atoms with E-state index in [9.17, 15) is 14.7 Å². The van der Waals surface area contributed by atoms with Crippen molar-refractivity contribution in [1.29, 1.82) is 0 Å². The predicted octanol–water partition coefficient (Wildman–Crippen LogP) is 3.04. The van der Waals surface area contributed by atoms with E-state index in [0.29, 0.717) is 46.5 Å². The van der Waals surface area contributed by atoms with Gasteiger partial charge in [0.15, 0.2) is 23.0 Å². The lowest BCUT2D eigenvalue weighted by Gasteiger charge is -2.28. The van der Waals surface area contributed by atoms with Crippen LogP contribution in [0.3, 0.4) is 0 Å². The van der Waals surface area contributed by atoms with Crippen LogP contribution in [-0.2, 0) is 14.3 Å². The fraction of sp³-hybridized carbons (Fsp3) is 0.385. The molecule has 0 radical (unpaired) electrons. The van der Waals surface area contributed by atoms with Crippen molar-refractivity contribution in [3.63, 3.8) is 0 Å². The summed E-state index contributed by atoms with van der Waals surface area (Å²) in [5.74, 6) is 0.271. The zero-order valence-corrected chi connectivity index (χ0v) is 20.2. The number of carbonyl (C=O) groups excluding carboxylic acids is 2. The quantitative estimate of drug-likeness (QED) is 0.350. The Morgan fingerprint density at radius 2 is 1.81 bits per heavy atom. The number of methoxy groups -OCH3 is 3. The van der Waals surface area contributed by atoms with Crippen LogP contribution in [0.2, 0.25) is 0 Å². The third-order valence-electron chi connectivity index (χ3n) is 6.62. The molecule has 0 spiro atoms. The number of amides is 1. The number of hydrogen-bond donors (Lipinski definition) is 1. The molecule has 2 aromatic carbocycles. The predicted molar refractivity (Wildman–Crippen MR) is 127 cm³/mol. The number of aliphatic hydroxyl groups excluding tert-OH is 1. The summed E-state index contributed by atoms with van der Waals surface area (Å²) in [5, 5.41) is 11.4. The molecule has 0 saturated carbocycles. The first-order valence-electron chi connectivity index (χ1n) is 11.6. The van der Waals surface area contributed by atoms with Gasteiger partial charge in [-0.1, -0.05) is 0 Å². The second-order valence-electron chi connectivity index (χ2n) is 8.61. The van der Waals surface area contributed by atoms with Crippen LogP contribution in [0.1, 0.15) is 30.0 Å². The molecule has 2 aromatic rings. The average Bonchev–Trinajstić information content (AvgIpc) is 3.64. The van der Waals surface area contributed by atoms with E-state index in [1.54, 1.807) is 30.3 Å². The zero-order chi connectivity index (χ0) is 25.4. The van der Waals surface area contributed by atoms with Crippen molar-refractivity contribution < 1.29 is 43.1 Å². The van der Waals surface area contributed by atoms with Crippen molar-refractivity contribution in [2.24, 2.45) is 0 Å². The molecule has 5 rings (SSSR count). The van der Waals surface area contributed by atoms with E-state index in [4.69, 9.17) is 28.4 Å². The normalized spacial score (nSPS) is 22.2. The van der Waals surface area contributed by atoms with Gasteiger partial charge in [0.05, 0.1) is 39.0 Å². The lowest BCUT2D eigenvalue weighted by atomic mass is 9.94. The minimum Gasteiger partial charge on any atom is -0.507 e. The minimum atomic E-state index is -0.898. The van der Waals surface area contributed by atoms with E-state index >= 15 is 0 Å². The van der Waals surface area contributed by atoms with E-state index in [2.05, 4.69) is 0 Å². The van der Waals surface area contributed by atoms with Gasteiger partial charge >= 0.3 is 0 Å². The molecule has 3 heterocycles. The molecule has 0 aliphatic carbocycles. The smallest absolute Gasteiger partial charge is 0.295 e. The third kappa shape index (κ3) is 3.97. The van der Waals surface area contributed by atoms with Gasteiger partial charge in [0, 0.05) is 18.7 Å². The SMILES string of the molecule is COc1ccc(C(O)=C2C(=O)C(=O)N(C[C@@H]3CCCO3)[C@@H]2c2cc(OC)c3c(c2)OCO3)cc1OC. The molecule has 3 aliphatic heterocycles. The number of Topliss-reactive ketones (excluding diaryl/α,β-unsaturated/α-hetero) is 1. The Morgan fingerprint density at radius 3 is 2.50 bits per heavy atom. The first-order chi connectivity index (χ1) is 17.5. The minimum absolute atomic E-state index is 0.0247. The lowest BCUT2D eigenvalue weighted by Crippen LogP contribution is -2.36. The summed E-state index contributed by atoms with van der Waals surface area (Å²) in [6.45, 7) is 0.828. The Kier molecular flexibility index (Phi) is 6.36.